The third kappa shape index (κ3) is 3.32. The average molecular weight is 340 g/mol. The van der Waals surface area contributed by atoms with Gasteiger partial charge < -0.3 is 19.6 Å². The lowest BCUT2D eigenvalue weighted by Gasteiger charge is -2.32. The Balaban J connectivity index is 1.82. The average Bonchev–Trinajstić information content (AvgIpc) is 2.86. The molecule has 126 valence electrons. The summed E-state index contributed by atoms with van der Waals surface area (Å²) in [5.41, 5.74) is 0.688. The summed E-state index contributed by atoms with van der Waals surface area (Å²) in [6.45, 7) is 2.44. The fraction of sp³-hybridized carbons (Fsp3) is 0.500. The summed E-state index contributed by atoms with van der Waals surface area (Å²) < 4.78 is 32.3. The molecule has 1 atom stereocenters. The van der Waals surface area contributed by atoms with Crippen molar-refractivity contribution < 1.29 is 13.2 Å². The van der Waals surface area contributed by atoms with Crippen molar-refractivity contribution >= 4 is 21.1 Å². The number of morpholine rings is 1. The van der Waals surface area contributed by atoms with Crippen molar-refractivity contribution in [1.82, 2.24) is 19.2 Å². The molecule has 0 amide bonds. The van der Waals surface area contributed by atoms with Crippen LogP contribution in [0.2, 0.25) is 0 Å². The molecule has 1 aliphatic heterocycles. The van der Waals surface area contributed by atoms with E-state index in [-0.39, 0.29) is 23.2 Å². The van der Waals surface area contributed by atoms with E-state index in [2.05, 4.69) is 14.9 Å². The quantitative estimate of drug-likeness (QED) is 0.804. The van der Waals surface area contributed by atoms with Crippen molar-refractivity contribution in [3.05, 3.63) is 28.7 Å². The summed E-state index contributed by atoms with van der Waals surface area (Å²) >= 11 is 0. The third-order valence-electron chi connectivity index (χ3n) is 4.00. The molecule has 0 radical (unpaired) electrons. The molecule has 1 unspecified atom stereocenters. The lowest BCUT2D eigenvalue weighted by molar-refractivity contribution is -0.0247. The number of nitrogens with zero attached hydrogens (tertiary/aromatic N) is 2. The number of hydrogen-bond acceptors (Lipinski definition) is 5. The van der Waals surface area contributed by atoms with Gasteiger partial charge >= 0.3 is 5.69 Å². The van der Waals surface area contributed by atoms with E-state index in [0.717, 1.165) is 6.54 Å². The Hall–Kier alpha value is -1.68. The van der Waals surface area contributed by atoms with Crippen molar-refractivity contribution in [2.24, 2.45) is 0 Å². The third-order valence-corrected chi connectivity index (χ3v) is 5.82. The van der Waals surface area contributed by atoms with Crippen molar-refractivity contribution in [3.63, 3.8) is 0 Å². The summed E-state index contributed by atoms with van der Waals surface area (Å²) in [5, 5.41) is 0. The highest BCUT2D eigenvalue weighted by molar-refractivity contribution is 7.89. The van der Waals surface area contributed by atoms with Gasteiger partial charge in [-0.2, -0.15) is 4.31 Å². The van der Waals surface area contributed by atoms with Crippen LogP contribution in [0.4, 0.5) is 0 Å². The Morgan fingerprint density at radius 3 is 2.83 bits per heavy atom. The smallest absolute Gasteiger partial charge is 0.323 e. The summed E-state index contributed by atoms with van der Waals surface area (Å²) in [5.74, 6) is 0. The van der Waals surface area contributed by atoms with Crippen molar-refractivity contribution in [2.45, 2.75) is 11.0 Å². The number of likely N-dealkylation sites (N-methyl/N-ethyl adjacent to an activating group) is 2. The van der Waals surface area contributed by atoms with Gasteiger partial charge in [-0.25, -0.2) is 13.2 Å². The molecule has 2 aromatic rings. The highest BCUT2D eigenvalue weighted by Crippen LogP contribution is 2.19. The largest absolute Gasteiger partial charge is 0.374 e. The molecule has 0 bridgehead atoms. The first kappa shape index (κ1) is 16.2. The summed E-state index contributed by atoms with van der Waals surface area (Å²) in [6.07, 6.45) is -0.149. The molecule has 1 saturated heterocycles. The van der Waals surface area contributed by atoms with E-state index in [4.69, 9.17) is 4.74 Å². The van der Waals surface area contributed by atoms with Crippen LogP contribution in [0.3, 0.4) is 0 Å². The number of benzene rings is 1. The zero-order valence-electron chi connectivity index (χ0n) is 13.1. The number of fused-ring (bicyclic) bond motifs is 1. The van der Waals surface area contributed by atoms with Gasteiger partial charge in [0, 0.05) is 26.7 Å². The second-order valence-corrected chi connectivity index (χ2v) is 7.87. The molecule has 1 aromatic carbocycles. The van der Waals surface area contributed by atoms with E-state index < -0.39 is 10.0 Å². The van der Waals surface area contributed by atoms with Crippen LogP contribution in [0.5, 0.6) is 0 Å². The Labute approximate surface area is 134 Å². The number of aromatic amines is 2. The summed E-state index contributed by atoms with van der Waals surface area (Å²) in [4.78, 5) is 18.7. The van der Waals surface area contributed by atoms with E-state index >= 15 is 0 Å². The molecular weight excluding hydrogens is 320 g/mol. The molecule has 9 heteroatoms. The minimum Gasteiger partial charge on any atom is -0.374 e. The fourth-order valence-electron chi connectivity index (χ4n) is 2.71. The Morgan fingerprint density at radius 2 is 2.09 bits per heavy atom. The summed E-state index contributed by atoms with van der Waals surface area (Å²) in [7, 11) is -0.114. The first-order valence-corrected chi connectivity index (χ1v) is 8.79. The predicted molar refractivity (Wildman–Crippen MR) is 86.0 cm³/mol. The molecule has 23 heavy (non-hydrogen) atoms. The van der Waals surface area contributed by atoms with Crippen LogP contribution in [0.25, 0.3) is 11.0 Å². The molecule has 0 saturated carbocycles. The van der Waals surface area contributed by atoms with Gasteiger partial charge in [0.25, 0.3) is 0 Å². The molecule has 1 aliphatic rings. The van der Waals surface area contributed by atoms with Crippen LogP contribution in [0, 0.1) is 0 Å². The molecule has 0 aliphatic carbocycles. The number of imidazole rings is 1. The van der Waals surface area contributed by atoms with Crippen LogP contribution >= 0.6 is 0 Å². The van der Waals surface area contributed by atoms with Crippen LogP contribution < -0.4 is 5.69 Å². The van der Waals surface area contributed by atoms with E-state index in [1.807, 2.05) is 7.05 Å². The zero-order valence-corrected chi connectivity index (χ0v) is 13.9. The van der Waals surface area contributed by atoms with Gasteiger partial charge in [-0.1, -0.05) is 0 Å². The SMILES string of the molecule is CN1CCOC(CN(C)S(=O)(=O)c2ccc3[nH]c(=O)[nH]c3c2)C1. The maximum absolute atomic E-state index is 12.7. The number of H-pyrrole nitrogens is 2. The first-order chi connectivity index (χ1) is 10.9. The topological polar surface area (TPSA) is 98.5 Å². The van der Waals surface area contributed by atoms with Crippen LogP contribution in [0.1, 0.15) is 0 Å². The highest BCUT2D eigenvalue weighted by atomic mass is 32.2. The monoisotopic (exact) mass is 340 g/mol. The highest BCUT2D eigenvalue weighted by Gasteiger charge is 2.26. The van der Waals surface area contributed by atoms with Gasteiger partial charge in [0.2, 0.25) is 10.0 Å². The molecular formula is C14H20N4O4S. The lowest BCUT2D eigenvalue weighted by Crippen LogP contribution is -2.46. The van der Waals surface area contributed by atoms with Gasteiger partial charge in [0.05, 0.1) is 28.6 Å². The van der Waals surface area contributed by atoms with Crippen LogP contribution in [-0.4, -0.2) is 74.0 Å². The maximum atomic E-state index is 12.7. The number of rotatable bonds is 4. The number of aromatic nitrogens is 2. The Bertz CT molecular complexity index is 857. The standard InChI is InChI=1S/C14H20N4O4S/c1-17-5-6-22-10(8-17)9-18(2)23(20,21)11-3-4-12-13(7-11)16-14(19)15-12/h3-4,7,10H,5-6,8-9H2,1-2H3,(H2,15,16,19). The number of nitrogens with one attached hydrogen (secondary N) is 2. The predicted octanol–water partition coefficient (Wildman–Crippen LogP) is -0.193. The minimum atomic E-state index is -3.64. The number of sulfonamides is 1. The zero-order chi connectivity index (χ0) is 16.6. The van der Waals surface area contributed by atoms with Crippen molar-refractivity contribution in [3.8, 4) is 0 Å². The van der Waals surface area contributed by atoms with Gasteiger partial charge in [-0.3, -0.25) is 0 Å². The normalized spacial score (nSPS) is 20.4. The van der Waals surface area contributed by atoms with Crippen molar-refractivity contribution in [1.29, 1.82) is 0 Å². The van der Waals surface area contributed by atoms with Crippen LogP contribution in [0.15, 0.2) is 27.9 Å². The number of ether oxygens (including phenoxy) is 1. The van der Waals surface area contributed by atoms with Gasteiger partial charge in [-0.15, -0.1) is 0 Å². The molecule has 1 aromatic heterocycles. The Kier molecular flexibility index (Phi) is 4.28. The van der Waals surface area contributed by atoms with Crippen LogP contribution in [-0.2, 0) is 14.8 Å². The molecule has 3 rings (SSSR count). The van der Waals surface area contributed by atoms with Crippen molar-refractivity contribution in [2.75, 3.05) is 40.3 Å². The minimum absolute atomic E-state index is 0.145. The van der Waals surface area contributed by atoms with E-state index in [1.165, 1.54) is 23.5 Å². The van der Waals surface area contributed by atoms with Gasteiger partial charge in [0.15, 0.2) is 0 Å². The van der Waals surface area contributed by atoms with Gasteiger partial charge in [-0.05, 0) is 25.2 Å². The second kappa shape index (κ2) is 6.08. The molecule has 2 N–H and O–H groups in total. The lowest BCUT2D eigenvalue weighted by atomic mass is 10.3. The fourth-order valence-corrected chi connectivity index (χ4v) is 3.94. The summed E-state index contributed by atoms with van der Waals surface area (Å²) in [6, 6.07) is 4.54. The van der Waals surface area contributed by atoms with E-state index in [0.29, 0.717) is 24.2 Å². The maximum Gasteiger partial charge on any atom is 0.323 e. The molecule has 8 nitrogen and oxygen atoms in total. The number of hydrogen-bond donors (Lipinski definition) is 2. The second-order valence-electron chi connectivity index (χ2n) is 5.83. The molecule has 1 fully saturated rings. The molecule has 2 heterocycles. The van der Waals surface area contributed by atoms with E-state index in [1.54, 1.807) is 6.07 Å². The molecule has 0 spiro atoms. The van der Waals surface area contributed by atoms with Gasteiger partial charge in [0.1, 0.15) is 0 Å². The van der Waals surface area contributed by atoms with E-state index in [9.17, 15) is 13.2 Å². The first-order valence-electron chi connectivity index (χ1n) is 7.35. The Morgan fingerprint density at radius 1 is 1.35 bits per heavy atom.